The van der Waals surface area contributed by atoms with Crippen LogP contribution in [0.25, 0.3) is 22.3 Å². The molecule has 4 aromatic rings. The SMILES string of the molecule is COc1ccc(-c2oc3cc(C)ccc3c(=O)c2OC(=O)c2ccc(C)cc2)cc1OC. The molecule has 6 heteroatoms. The highest BCUT2D eigenvalue weighted by Crippen LogP contribution is 2.37. The number of fused-ring (bicyclic) bond motifs is 1. The number of benzene rings is 3. The molecule has 1 aromatic heterocycles. The zero-order chi connectivity index (χ0) is 22.8. The molecule has 0 radical (unpaired) electrons. The fourth-order valence-corrected chi connectivity index (χ4v) is 3.38. The number of carbonyl (C=O) groups excluding carboxylic acids is 1. The Morgan fingerprint density at radius 3 is 2.19 bits per heavy atom. The lowest BCUT2D eigenvalue weighted by molar-refractivity contribution is 0.0731. The minimum atomic E-state index is -0.648. The lowest BCUT2D eigenvalue weighted by Crippen LogP contribution is -2.16. The molecule has 3 aromatic carbocycles. The maximum atomic E-state index is 13.3. The summed E-state index contributed by atoms with van der Waals surface area (Å²) in [5.41, 5.74) is 2.75. The molecule has 0 N–H and O–H groups in total. The van der Waals surface area contributed by atoms with Gasteiger partial charge in [0.1, 0.15) is 5.58 Å². The molecule has 0 amide bonds. The smallest absolute Gasteiger partial charge is 0.343 e. The second kappa shape index (κ2) is 8.59. The zero-order valence-electron chi connectivity index (χ0n) is 18.2. The second-order valence-electron chi connectivity index (χ2n) is 7.41. The Hall–Kier alpha value is -4.06. The van der Waals surface area contributed by atoms with Crippen LogP contribution >= 0.6 is 0 Å². The van der Waals surface area contributed by atoms with Crippen molar-refractivity contribution >= 4 is 16.9 Å². The summed E-state index contributed by atoms with van der Waals surface area (Å²) < 4.78 is 22.4. The number of carbonyl (C=O) groups is 1. The predicted molar refractivity (Wildman–Crippen MR) is 122 cm³/mol. The van der Waals surface area contributed by atoms with Crippen molar-refractivity contribution in [3.05, 3.63) is 87.6 Å². The normalized spacial score (nSPS) is 10.8. The lowest BCUT2D eigenvalue weighted by Gasteiger charge is -2.13. The van der Waals surface area contributed by atoms with Crippen molar-refractivity contribution in [1.29, 1.82) is 0 Å². The van der Waals surface area contributed by atoms with Crippen molar-refractivity contribution in [2.75, 3.05) is 14.2 Å². The molecule has 162 valence electrons. The Bertz CT molecular complexity index is 1370. The van der Waals surface area contributed by atoms with Crippen LogP contribution < -0.4 is 19.6 Å². The third-order valence-electron chi connectivity index (χ3n) is 5.13. The van der Waals surface area contributed by atoms with Crippen LogP contribution in [0.15, 0.2) is 69.9 Å². The van der Waals surface area contributed by atoms with Crippen LogP contribution in [0.1, 0.15) is 21.5 Å². The third kappa shape index (κ3) is 3.95. The Balaban J connectivity index is 1.91. The van der Waals surface area contributed by atoms with Crippen LogP contribution in [0.3, 0.4) is 0 Å². The van der Waals surface area contributed by atoms with Gasteiger partial charge in [0.15, 0.2) is 17.3 Å². The van der Waals surface area contributed by atoms with Crippen LogP contribution in [0.4, 0.5) is 0 Å². The second-order valence-corrected chi connectivity index (χ2v) is 7.41. The van der Waals surface area contributed by atoms with Gasteiger partial charge >= 0.3 is 5.97 Å². The number of ether oxygens (including phenoxy) is 3. The summed E-state index contributed by atoms with van der Waals surface area (Å²) in [7, 11) is 3.05. The minimum absolute atomic E-state index is 0.134. The molecule has 0 spiro atoms. The van der Waals surface area contributed by atoms with Gasteiger partial charge in [-0.15, -0.1) is 0 Å². The van der Waals surface area contributed by atoms with Crippen molar-refractivity contribution < 1.29 is 23.4 Å². The molecule has 0 saturated carbocycles. The average molecular weight is 430 g/mol. The van der Waals surface area contributed by atoms with E-state index >= 15 is 0 Å². The molecule has 0 aliphatic rings. The molecule has 0 fully saturated rings. The van der Waals surface area contributed by atoms with Crippen molar-refractivity contribution in [3.63, 3.8) is 0 Å². The molecular weight excluding hydrogens is 408 g/mol. The fraction of sp³-hybridized carbons (Fsp3) is 0.154. The highest BCUT2D eigenvalue weighted by molar-refractivity contribution is 5.93. The molecule has 32 heavy (non-hydrogen) atoms. The maximum absolute atomic E-state index is 13.3. The van der Waals surface area contributed by atoms with Gasteiger partial charge in [0.2, 0.25) is 11.2 Å². The van der Waals surface area contributed by atoms with E-state index in [0.29, 0.717) is 33.6 Å². The molecule has 0 bridgehead atoms. The summed E-state index contributed by atoms with van der Waals surface area (Å²) in [6, 6.07) is 17.2. The van der Waals surface area contributed by atoms with E-state index in [1.807, 2.05) is 13.8 Å². The van der Waals surface area contributed by atoms with E-state index in [0.717, 1.165) is 11.1 Å². The fourth-order valence-electron chi connectivity index (χ4n) is 3.38. The van der Waals surface area contributed by atoms with Crippen LogP contribution in [-0.2, 0) is 0 Å². The summed E-state index contributed by atoms with van der Waals surface area (Å²) in [4.78, 5) is 26.2. The van der Waals surface area contributed by atoms with E-state index in [1.165, 1.54) is 14.2 Å². The van der Waals surface area contributed by atoms with Gasteiger partial charge in [0.05, 0.1) is 25.2 Å². The lowest BCUT2D eigenvalue weighted by atomic mass is 10.1. The summed E-state index contributed by atoms with van der Waals surface area (Å²) in [5.74, 6) is 0.278. The number of rotatable bonds is 5. The Morgan fingerprint density at radius 1 is 0.812 bits per heavy atom. The van der Waals surface area contributed by atoms with Crippen molar-refractivity contribution in [1.82, 2.24) is 0 Å². The minimum Gasteiger partial charge on any atom is -0.493 e. The standard InChI is InChI=1S/C26H22O6/c1-15-5-8-17(9-6-15)26(28)32-25-23(27)19-11-7-16(2)13-21(19)31-24(25)18-10-12-20(29-3)22(14-18)30-4/h5-14H,1-4H3. The van der Waals surface area contributed by atoms with Gasteiger partial charge in [-0.05, 0) is 61.9 Å². The van der Waals surface area contributed by atoms with E-state index in [2.05, 4.69) is 0 Å². The van der Waals surface area contributed by atoms with Gasteiger partial charge < -0.3 is 18.6 Å². The molecule has 0 aliphatic heterocycles. The highest BCUT2D eigenvalue weighted by Gasteiger charge is 2.22. The van der Waals surface area contributed by atoms with Gasteiger partial charge in [-0.3, -0.25) is 4.79 Å². The van der Waals surface area contributed by atoms with E-state index in [1.54, 1.807) is 60.7 Å². The number of hydrogen-bond acceptors (Lipinski definition) is 6. The maximum Gasteiger partial charge on any atom is 0.343 e. The first kappa shape index (κ1) is 21.2. The summed E-state index contributed by atoms with van der Waals surface area (Å²) in [6.07, 6.45) is 0. The molecule has 0 saturated heterocycles. The Kier molecular flexibility index (Phi) is 5.69. The van der Waals surface area contributed by atoms with Crippen molar-refractivity contribution in [2.24, 2.45) is 0 Å². The first-order chi connectivity index (χ1) is 15.4. The number of aryl methyl sites for hydroxylation is 2. The van der Waals surface area contributed by atoms with Gasteiger partial charge in [0, 0.05) is 5.56 Å². The van der Waals surface area contributed by atoms with E-state index in [4.69, 9.17) is 18.6 Å². The van der Waals surface area contributed by atoms with Crippen LogP contribution in [-0.4, -0.2) is 20.2 Å². The van der Waals surface area contributed by atoms with E-state index in [9.17, 15) is 9.59 Å². The summed E-state index contributed by atoms with van der Waals surface area (Å²) >= 11 is 0. The van der Waals surface area contributed by atoms with Gasteiger partial charge in [-0.2, -0.15) is 0 Å². The van der Waals surface area contributed by atoms with Gasteiger partial charge in [0.25, 0.3) is 0 Å². The third-order valence-corrected chi connectivity index (χ3v) is 5.13. The quantitative estimate of drug-likeness (QED) is 0.399. The molecule has 0 aliphatic carbocycles. The van der Waals surface area contributed by atoms with E-state index in [-0.39, 0.29) is 11.5 Å². The summed E-state index contributed by atoms with van der Waals surface area (Å²) in [6.45, 7) is 3.82. The zero-order valence-corrected chi connectivity index (χ0v) is 18.2. The highest BCUT2D eigenvalue weighted by atomic mass is 16.5. The van der Waals surface area contributed by atoms with Gasteiger partial charge in [-0.25, -0.2) is 4.79 Å². The average Bonchev–Trinajstić information content (AvgIpc) is 2.80. The van der Waals surface area contributed by atoms with Crippen LogP contribution in [0.5, 0.6) is 17.2 Å². The topological polar surface area (TPSA) is 75.0 Å². The molecule has 1 heterocycles. The Labute approximate surface area is 185 Å². The first-order valence-corrected chi connectivity index (χ1v) is 10.00. The number of hydrogen-bond donors (Lipinski definition) is 0. The molecule has 0 unspecified atom stereocenters. The first-order valence-electron chi connectivity index (χ1n) is 10.00. The summed E-state index contributed by atoms with van der Waals surface area (Å²) in [5, 5.41) is 0.325. The number of methoxy groups -OCH3 is 2. The Morgan fingerprint density at radius 2 is 1.50 bits per heavy atom. The van der Waals surface area contributed by atoms with Crippen LogP contribution in [0.2, 0.25) is 0 Å². The van der Waals surface area contributed by atoms with Crippen molar-refractivity contribution in [2.45, 2.75) is 13.8 Å². The van der Waals surface area contributed by atoms with Crippen LogP contribution in [0, 0.1) is 13.8 Å². The molecule has 6 nitrogen and oxygen atoms in total. The predicted octanol–water partition coefficient (Wildman–Crippen LogP) is 5.31. The number of esters is 1. The molecule has 4 rings (SSSR count). The van der Waals surface area contributed by atoms with Gasteiger partial charge in [-0.1, -0.05) is 23.8 Å². The monoisotopic (exact) mass is 430 g/mol. The van der Waals surface area contributed by atoms with Crippen molar-refractivity contribution in [3.8, 4) is 28.6 Å². The largest absolute Gasteiger partial charge is 0.493 e. The molecular formula is C26H22O6. The van der Waals surface area contributed by atoms with E-state index < -0.39 is 11.4 Å². The molecule has 0 atom stereocenters.